The average molecular weight is 182 g/mol. The molecule has 0 amide bonds. The second kappa shape index (κ2) is 3.55. The Morgan fingerprint density at radius 3 is 2.17 bits per heavy atom. The van der Waals surface area contributed by atoms with Crippen LogP contribution in [-0.4, -0.2) is 10.7 Å². The van der Waals surface area contributed by atoms with E-state index in [0.717, 1.165) is 0 Å². The zero-order valence-corrected chi connectivity index (χ0v) is 8.70. The van der Waals surface area contributed by atoms with Gasteiger partial charge in [-0.25, -0.2) is 0 Å². The van der Waals surface area contributed by atoms with Crippen LogP contribution in [-0.2, 0) is 6.42 Å². The average Bonchev–Trinajstić information content (AvgIpc) is 1.91. The molecule has 0 aromatic heterocycles. The van der Waals surface area contributed by atoms with Crippen molar-refractivity contribution >= 4 is 14.5 Å². The predicted octanol–water partition coefficient (Wildman–Crippen LogP) is 1.50. The van der Waals surface area contributed by atoms with Gasteiger partial charge in [0.05, 0.1) is 5.60 Å². The number of hydrogen-bond acceptors (Lipinski definition) is 1. The van der Waals surface area contributed by atoms with Gasteiger partial charge in [0.1, 0.15) is 0 Å². The van der Waals surface area contributed by atoms with Crippen molar-refractivity contribution in [2.45, 2.75) is 25.9 Å². The second-order valence-electron chi connectivity index (χ2n) is 3.73. The van der Waals surface area contributed by atoms with Gasteiger partial charge in [0.15, 0.2) is 0 Å². The van der Waals surface area contributed by atoms with Crippen molar-refractivity contribution in [3.63, 3.8) is 0 Å². The van der Waals surface area contributed by atoms with Crippen molar-refractivity contribution in [1.29, 1.82) is 0 Å². The third-order valence-electron chi connectivity index (χ3n) is 1.62. The van der Waals surface area contributed by atoms with Crippen LogP contribution in [0.25, 0.3) is 0 Å². The highest BCUT2D eigenvalue weighted by Crippen LogP contribution is 2.11. The number of aliphatic hydroxyl groups is 1. The Balaban J connectivity index is 2.71. The zero-order chi connectivity index (χ0) is 9.19. The lowest BCUT2D eigenvalue weighted by Gasteiger charge is -2.16. The van der Waals surface area contributed by atoms with Crippen LogP contribution in [0.5, 0.6) is 0 Å². The lowest BCUT2D eigenvalue weighted by atomic mass is 9.99. The fourth-order valence-corrected chi connectivity index (χ4v) is 1.33. The highest BCUT2D eigenvalue weighted by molar-refractivity contribution is 7.27. The first-order valence-electron chi connectivity index (χ1n) is 4.04. The van der Waals surface area contributed by atoms with Crippen LogP contribution >= 0.6 is 9.24 Å². The van der Waals surface area contributed by atoms with Crippen LogP contribution in [0.3, 0.4) is 0 Å². The van der Waals surface area contributed by atoms with E-state index < -0.39 is 5.60 Å². The third kappa shape index (κ3) is 3.34. The molecule has 1 N–H and O–H groups in total. The van der Waals surface area contributed by atoms with Gasteiger partial charge in [0, 0.05) is 6.42 Å². The zero-order valence-electron chi connectivity index (χ0n) is 7.54. The summed E-state index contributed by atoms with van der Waals surface area (Å²) in [6.45, 7) is 3.64. The molecule has 0 saturated carbocycles. The van der Waals surface area contributed by atoms with E-state index in [-0.39, 0.29) is 0 Å². The van der Waals surface area contributed by atoms with E-state index in [2.05, 4.69) is 9.24 Å². The van der Waals surface area contributed by atoms with Gasteiger partial charge >= 0.3 is 0 Å². The smallest absolute Gasteiger partial charge is 0.0631 e. The molecule has 12 heavy (non-hydrogen) atoms. The Labute approximate surface area is 76.0 Å². The highest BCUT2D eigenvalue weighted by atomic mass is 31.0. The lowest BCUT2D eigenvalue weighted by molar-refractivity contribution is 0.0810. The van der Waals surface area contributed by atoms with E-state index in [1.807, 2.05) is 38.1 Å². The predicted molar refractivity (Wildman–Crippen MR) is 55.8 cm³/mol. The van der Waals surface area contributed by atoms with Crippen LogP contribution in [0.15, 0.2) is 24.3 Å². The monoisotopic (exact) mass is 182 g/mol. The quantitative estimate of drug-likeness (QED) is 0.687. The van der Waals surface area contributed by atoms with Crippen molar-refractivity contribution in [3.05, 3.63) is 29.8 Å². The number of rotatable bonds is 2. The number of benzene rings is 1. The van der Waals surface area contributed by atoms with Gasteiger partial charge in [-0.3, -0.25) is 0 Å². The van der Waals surface area contributed by atoms with E-state index in [9.17, 15) is 5.11 Å². The molecule has 0 saturated heterocycles. The molecule has 1 atom stereocenters. The summed E-state index contributed by atoms with van der Waals surface area (Å²) in [5, 5.41) is 10.7. The van der Waals surface area contributed by atoms with E-state index in [0.29, 0.717) is 6.42 Å². The molecule has 2 heteroatoms. The molecule has 0 heterocycles. The standard InChI is InChI=1S/C10H15OP/c1-10(2,11)7-8-3-5-9(12)6-4-8/h3-6,11H,7,12H2,1-2H3. The molecule has 1 nitrogen and oxygen atoms in total. The molecule has 66 valence electrons. The van der Waals surface area contributed by atoms with Gasteiger partial charge in [-0.1, -0.05) is 24.3 Å². The largest absolute Gasteiger partial charge is 0.390 e. The van der Waals surface area contributed by atoms with Gasteiger partial charge in [-0.05, 0) is 24.7 Å². The van der Waals surface area contributed by atoms with Gasteiger partial charge in [0.2, 0.25) is 0 Å². The Hall–Kier alpha value is -0.390. The van der Waals surface area contributed by atoms with Crippen molar-refractivity contribution in [1.82, 2.24) is 0 Å². The molecule has 0 aliphatic rings. The first kappa shape index (κ1) is 9.70. The van der Waals surface area contributed by atoms with Gasteiger partial charge in [0.25, 0.3) is 0 Å². The van der Waals surface area contributed by atoms with E-state index in [1.54, 1.807) is 0 Å². The molecule has 0 radical (unpaired) electrons. The minimum atomic E-state index is -0.609. The summed E-state index contributed by atoms with van der Waals surface area (Å²) in [5.74, 6) is 0. The van der Waals surface area contributed by atoms with Gasteiger partial charge in [-0.2, -0.15) is 0 Å². The minimum Gasteiger partial charge on any atom is -0.390 e. The maximum absolute atomic E-state index is 9.54. The maximum atomic E-state index is 9.54. The second-order valence-corrected chi connectivity index (χ2v) is 4.40. The third-order valence-corrected chi connectivity index (χ3v) is 2.00. The minimum absolute atomic E-state index is 0.609. The van der Waals surface area contributed by atoms with Crippen LogP contribution in [0.2, 0.25) is 0 Å². The lowest BCUT2D eigenvalue weighted by Crippen LogP contribution is -2.21. The molecule has 0 bridgehead atoms. The SMILES string of the molecule is CC(C)(O)Cc1ccc(P)cc1. The van der Waals surface area contributed by atoms with Crippen LogP contribution in [0.1, 0.15) is 19.4 Å². The summed E-state index contributed by atoms with van der Waals surface area (Å²) < 4.78 is 0. The van der Waals surface area contributed by atoms with E-state index in [4.69, 9.17) is 0 Å². The number of hydrogen-bond donors (Lipinski definition) is 1. The van der Waals surface area contributed by atoms with Crippen molar-refractivity contribution < 1.29 is 5.11 Å². The summed E-state index contributed by atoms with van der Waals surface area (Å²) in [6, 6.07) is 8.15. The van der Waals surface area contributed by atoms with E-state index in [1.165, 1.54) is 10.9 Å². The summed E-state index contributed by atoms with van der Waals surface area (Å²) in [5.41, 5.74) is 0.566. The molecule has 1 unspecified atom stereocenters. The topological polar surface area (TPSA) is 20.2 Å². The molecule has 0 fully saturated rings. The summed E-state index contributed by atoms with van der Waals surface area (Å²) in [4.78, 5) is 0. The molecule has 1 aromatic carbocycles. The fourth-order valence-electron chi connectivity index (χ4n) is 1.14. The molecule has 0 aliphatic heterocycles. The highest BCUT2D eigenvalue weighted by Gasteiger charge is 2.12. The molecule has 1 rings (SSSR count). The Kier molecular flexibility index (Phi) is 2.87. The fraction of sp³-hybridized carbons (Fsp3) is 0.400. The van der Waals surface area contributed by atoms with Crippen LogP contribution in [0.4, 0.5) is 0 Å². The Bertz CT molecular complexity index is 246. The maximum Gasteiger partial charge on any atom is 0.0631 e. The summed E-state index contributed by atoms with van der Waals surface area (Å²) >= 11 is 0. The first-order chi connectivity index (χ1) is 5.47. The van der Waals surface area contributed by atoms with Crippen LogP contribution in [0, 0.1) is 0 Å². The Morgan fingerprint density at radius 1 is 1.25 bits per heavy atom. The Morgan fingerprint density at radius 2 is 1.75 bits per heavy atom. The van der Waals surface area contributed by atoms with E-state index >= 15 is 0 Å². The summed E-state index contributed by atoms with van der Waals surface area (Å²) in [6.07, 6.45) is 0.706. The first-order valence-corrected chi connectivity index (χ1v) is 4.62. The molecule has 1 aromatic rings. The van der Waals surface area contributed by atoms with Gasteiger partial charge in [-0.15, -0.1) is 9.24 Å². The van der Waals surface area contributed by atoms with Crippen molar-refractivity contribution in [2.24, 2.45) is 0 Å². The molecular weight excluding hydrogens is 167 g/mol. The van der Waals surface area contributed by atoms with Crippen LogP contribution < -0.4 is 5.30 Å². The molecule has 0 spiro atoms. The normalized spacial score (nSPS) is 11.7. The van der Waals surface area contributed by atoms with Gasteiger partial charge < -0.3 is 5.11 Å². The summed E-state index contributed by atoms with van der Waals surface area (Å²) in [7, 11) is 2.64. The van der Waals surface area contributed by atoms with Crippen molar-refractivity contribution in [2.75, 3.05) is 0 Å². The molecule has 0 aliphatic carbocycles. The van der Waals surface area contributed by atoms with Crippen molar-refractivity contribution in [3.8, 4) is 0 Å². The molecular formula is C10H15OP.